The van der Waals surface area contributed by atoms with Crippen molar-refractivity contribution < 1.29 is 14.3 Å². The number of nitrogens with zero attached hydrogens (tertiary/aromatic N) is 1. The number of methoxy groups -OCH3 is 1. The lowest BCUT2D eigenvalue weighted by Gasteiger charge is -2.20. The summed E-state index contributed by atoms with van der Waals surface area (Å²) in [6.45, 7) is 2.91. The zero-order valence-corrected chi connectivity index (χ0v) is 15.1. The Bertz CT molecular complexity index is 700. The normalized spacial score (nSPS) is 10.3. The van der Waals surface area contributed by atoms with Crippen molar-refractivity contribution in [2.75, 3.05) is 20.2 Å². The minimum absolute atomic E-state index is 0.0438. The Balaban J connectivity index is 1.88. The predicted molar refractivity (Wildman–Crippen MR) is 95.7 cm³/mol. The fourth-order valence-electron chi connectivity index (χ4n) is 2.11. The van der Waals surface area contributed by atoms with Crippen molar-refractivity contribution in [3.63, 3.8) is 0 Å². The molecule has 2 aromatic rings. The lowest BCUT2D eigenvalue weighted by Crippen LogP contribution is -2.39. The molecule has 5 nitrogen and oxygen atoms in total. The second-order valence-electron chi connectivity index (χ2n) is 5.02. The van der Waals surface area contributed by atoms with E-state index in [-0.39, 0.29) is 18.4 Å². The van der Waals surface area contributed by atoms with E-state index in [0.29, 0.717) is 28.7 Å². The molecule has 0 aliphatic rings. The van der Waals surface area contributed by atoms with Gasteiger partial charge in [0.15, 0.2) is 0 Å². The number of benzene rings is 1. The smallest absolute Gasteiger partial charge is 0.251 e. The largest absolute Gasteiger partial charge is 0.497 e. The number of carbonyl (C=O) groups is 2. The fourth-order valence-corrected chi connectivity index (χ4v) is 3.22. The van der Waals surface area contributed by atoms with Crippen molar-refractivity contribution in [2.45, 2.75) is 13.5 Å². The minimum atomic E-state index is -0.291. The summed E-state index contributed by atoms with van der Waals surface area (Å²) < 4.78 is 5.75. The fraction of sp³-hybridized carbons (Fsp3) is 0.294. The van der Waals surface area contributed by atoms with E-state index in [1.165, 1.54) is 11.3 Å². The quantitative estimate of drug-likeness (QED) is 0.818. The summed E-state index contributed by atoms with van der Waals surface area (Å²) in [4.78, 5) is 27.1. The number of halogens is 1. The van der Waals surface area contributed by atoms with Crippen LogP contribution in [-0.2, 0) is 11.3 Å². The van der Waals surface area contributed by atoms with Gasteiger partial charge in [-0.2, -0.15) is 0 Å². The number of hydrogen-bond donors (Lipinski definition) is 1. The molecule has 1 aromatic carbocycles. The maximum atomic E-state index is 12.3. The predicted octanol–water partition coefficient (Wildman–Crippen LogP) is 3.19. The van der Waals surface area contributed by atoms with Crippen molar-refractivity contribution in [1.29, 1.82) is 0 Å². The zero-order valence-electron chi connectivity index (χ0n) is 13.5. The summed E-state index contributed by atoms with van der Waals surface area (Å²) in [6, 6.07) is 10.4. The third kappa shape index (κ3) is 4.97. The van der Waals surface area contributed by atoms with Crippen LogP contribution < -0.4 is 10.1 Å². The van der Waals surface area contributed by atoms with Crippen LogP contribution in [0.2, 0.25) is 4.34 Å². The molecular weight excluding hydrogens is 348 g/mol. The molecule has 2 amide bonds. The van der Waals surface area contributed by atoms with Crippen LogP contribution in [0.5, 0.6) is 5.75 Å². The van der Waals surface area contributed by atoms with E-state index in [1.807, 2.05) is 19.1 Å². The molecule has 7 heteroatoms. The van der Waals surface area contributed by atoms with Gasteiger partial charge in [-0.25, -0.2) is 0 Å². The van der Waals surface area contributed by atoms with Crippen LogP contribution in [0.25, 0.3) is 0 Å². The van der Waals surface area contributed by atoms with Crippen LogP contribution in [0.4, 0.5) is 0 Å². The lowest BCUT2D eigenvalue weighted by molar-refractivity contribution is -0.130. The van der Waals surface area contributed by atoms with Gasteiger partial charge in [0.25, 0.3) is 5.91 Å². The zero-order chi connectivity index (χ0) is 17.5. The van der Waals surface area contributed by atoms with Gasteiger partial charge < -0.3 is 15.0 Å². The highest BCUT2D eigenvalue weighted by atomic mass is 35.5. The number of amides is 2. The number of ether oxygens (including phenoxy) is 1. The van der Waals surface area contributed by atoms with Crippen LogP contribution in [-0.4, -0.2) is 36.9 Å². The maximum absolute atomic E-state index is 12.3. The summed E-state index contributed by atoms with van der Waals surface area (Å²) in [5.74, 6) is 0.250. The Morgan fingerprint density at radius 2 is 1.92 bits per heavy atom. The molecule has 1 N–H and O–H groups in total. The molecule has 0 atom stereocenters. The second-order valence-corrected chi connectivity index (χ2v) is 6.82. The van der Waals surface area contributed by atoms with Crippen molar-refractivity contribution >= 4 is 34.8 Å². The third-order valence-electron chi connectivity index (χ3n) is 3.46. The molecule has 0 aliphatic carbocycles. The van der Waals surface area contributed by atoms with Gasteiger partial charge in [-0.05, 0) is 43.3 Å². The first-order valence-electron chi connectivity index (χ1n) is 7.47. The third-order valence-corrected chi connectivity index (χ3v) is 4.68. The van der Waals surface area contributed by atoms with E-state index in [1.54, 1.807) is 36.3 Å². The molecule has 0 saturated heterocycles. The van der Waals surface area contributed by atoms with Crippen LogP contribution >= 0.6 is 22.9 Å². The number of hydrogen-bond acceptors (Lipinski definition) is 4. The molecule has 0 spiro atoms. The number of likely N-dealkylation sites (N-methyl/N-ethyl adjacent to an activating group) is 1. The van der Waals surface area contributed by atoms with Crippen LogP contribution in [0.3, 0.4) is 0 Å². The first-order chi connectivity index (χ1) is 11.5. The van der Waals surface area contributed by atoms with Crippen molar-refractivity contribution in [3.8, 4) is 5.75 Å². The Morgan fingerprint density at radius 1 is 1.21 bits per heavy atom. The summed E-state index contributed by atoms with van der Waals surface area (Å²) in [5, 5.41) is 2.65. The Hall–Kier alpha value is -2.05. The van der Waals surface area contributed by atoms with Gasteiger partial charge >= 0.3 is 0 Å². The molecule has 0 bridgehead atoms. The van der Waals surface area contributed by atoms with Crippen LogP contribution in [0, 0.1) is 0 Å². The summed E-state index contributed by atoms with van der Waals surface area (Å²) in [6.07, 6.45) is 0. The van der Waals surface area contributed by atoms with Gasteiger partial charge in [0, 0.05) is 17.0 Å². The average Bonchev–Trinajstić information content (AvgIpc) is 3.02. The second kappa shape index (κ2) is 8.70. The van der Waals surface area contributed by atoms with Crippen LogP contribution in [0.1, 0.15) is 22.2 Å². The minimum Gasteiger partial charge on any atom is -0.497 e. The molecule has 0 saturated carbocycles. The molecule has 0 fully saturated rings. The standard InChI is InChI=1S/C17H19ClN2O3S/c1-3-20(11-14-8-9-15(18)24-14)16(21)10-19-17(22)12-4-6-13(23-2)7-5-12/h4-9H,3,10-11H2,1-2H3,(H,19,22). The number of thiophene rings is 1. The topological polar surface area (TPSA) is 58.6 Å². The van der Waals surface area contributed by atoms with E-state index in [0.717, 1.165) is 4.88 Å². The van der Waals surface area contributed by atoms with Gasteiger partial charge in [0.1, 0.15) is 5.75 Å². The van der Waals surface area contributed by atoms with Crippen LogP contribution in [0.15, 0.2) is 36.4 Å². The molecule has 128 valence electrons. The Kier molecular flexibility index (Phi) is 6.63. The highest BCUT2D eigenvalue weighted by molar-refractivity contribution is 7.16. The molecule has 1 heterocycles. The first-order valence-corrected chi connectivity index (χ1v) is 8.67. The molecule has 0 radical (unpaired) electrons. The van der Waals surface area contributed by atoms with Crippen molar-refractivity contribution in [1.82, 2.24) is 10.2 Å². The number of carbonyl (C=O) groups excluding carboxylic acids is 2. The highest BCUT2D eigenvalue weighted by Gasteiger charge is 2.15. The van der Waals surface area contributed by atoms with Crippen molar-refractivity contribution in [2.24, 2.45) is 0 Å². The molecule has 1 aromatic heterocycles. The molecular formula is C17H19ClN2O3S. The number of nitrogens with one attached hydrogen (secondary N) is 1. The highest BCUT2D eigenvalue weighted by Crippen LogP contribution is 2.22. The molecule has 24 heavy (non-hydrogen) atoms. The van der Waals surface area contributed by atoms with E-state index in [4.69, 9.17) is 16.3 Å². The van der Waals surface area contributed by atoms with E-state index < -0.39 is 0 Å². The lowest BCUT2D eigenvalue weighted by atomic mass is 10.2. The van der Waals surface area contributed by atoms with E-state index in [9.17, 15) is 9.59 Å². The molecule has 2 rings (SSSR count). The number of rotatable bonds is 7. The SMILES string of the molecule is CCN(Cc1ccc(Cl)s1)C(=O)CNC(=O)c1ccc(OC)cc1. The van der Waals surface area contributed by atoms with Gasteiger partial charge in [0.2, 0.25) is 5.91 Å². The van der Waals surface area contributed by atoms with Crippen molar-refractivity contribution in [3.05, 3.63) is 51.2 Å². The average molecular weight is 367 g/mol. The van der Waals surface area contributed by atoms with Gasteiger partial charge in [0.05, 0.1) is 24.5 Å². The first kappa shape index (κ1) is 18.3. The van der Waals surface area contributed by atoms with Gasteiger partial charge in [-0.15, -0.1) is 11.3 Å². The summed E-state index contributed by atoms with van der Waals surface area (Å²) in [5.41, 5.74) is 0.483. The van der Waals surface area contributed by atoms with Gasteiger partial charge in [-0.1, -0.05) is 11.6 Å². The van der Waals surface area contributed by atoms with E-state index in [2.05, 4.69) is 5.32 Å². The molecule has 0 aliphatic heterocycles. The van der Waals surface area contributed by atoms with E-state index >= 15 is 0 Å². The summed E-state index contributed by atoms with van der Waals surface area (Å²) >= 11 is 7.35. The Labute approximate surface area is 150 Å². The summed E-state index contributed by atoms with van der Waals surface area (Å²) in [7, 11) is 1.56. The molecule has 0 unspecified atom stereocenters. The van der Waals surface area contributed by atoms with Gasteiger partial charge in [-0.3, -0.25) is 9.59 Å². The maximum Gasteiger partial charge on any atom is 0.251 e. The monoisotopic (exact) mass is 366 g/mol. The Morgan fingerprint density at radius 3 is 2.46 bits per heavy atom.